The maximum atomic E-state index is 14.0. The van der Waals surface area contributed by atoms with Gasteiger partial charge in [-0.3, -0.25) is 20.2 Å². The van der Waals surface area contributed by atoms with Gasteiger partial charge in [0, 0.05) is 38.1 Å². The second kappa shape index (κ2) is 9.27. The maximum absolute atomic E-state index is 14.0. The molecule has 2 heterocycles. The van der Waals surface area contributed by atoms with Crippen molar-refractivity contribution in [2.24, 2.45) is 0 Å². The number of halogens is 3. The number of piperidine rings is 1. The van der Waals surface area contributed by atoms with E-state index in [9.17, 15) is 33.4 Å². The molecule has 166 valence electrons. The fourth-order valence-electron chi connectivity index (χ4n) is 3.34. The Labute approximate surface area is 174 Å². The number of nitro groups is 2. The van der Waals surface area contributed by atoms with Gasteiger partial charge < -0.3 is 14.4 Å². The summed E-state index contributed by atoms with van der Waals surface area (Å²) in [4.78, 5) is 21.1. The molecule has 9 nitrogen and oxygen atoms in total. The van der Waals surface area contributed by atoms with Gasteiger partial charge in [-0.05, 0) is 12.1 Å². The van der Waals surface area contributed by atoms with E-state index >= 15 is 0 Å². The molecule has 0 amide bonds. The molecule has 0 bridgehead atoms. The van der Waals surface area contributed by atoms with Crippen molar-refractivity contribution in [3.63, 3.8) is 0 Å². The van der Waals surface area contributed by atoms with Gasteiger partial charge in [-0.25, -0.2) is 13.2 Å². The molecule has 2 saturated heterocycles. The molecular formula is C19H18F3N3O6. The first-order valence-electron chi connectivity index (χ1n) is 9.27. The van der Waals surface area contributed by atoms with Gasteiger partial charge >= 0.3 is 0 Å². The van der Waals surface area contributed by atoms with E-state index in [-0.39, 0.29) is 5.69 Å². The maximum Gasteiger partial charge on any atom is 0.272 e. The second-order valence-corrected chi connectivity index (χ2v) is 6.84. The highest BCUT2D eigenvalue weighted by Gasteiger charge is 2.40. The predicted molar refractivity (Wildman–Crippen MR) is 102 cm³/mol. The highest BCUT2D eigenvalue weighted by molar-refractivity contribution is 5.52. The van der Waals surface area contributed by atoms with Crippen molar-refractivity contribution in [3.05, 3.63) is 74.1 Å². The Bertz CT molecular complexity index is 974. The summed E-state index contributed by atoms with van der Waals surface area (Å²) >= 11 is 0. The van der Waals surface area contributed by atoms with Crippen LogP contribution in [0.1, 0.15) is 12.8 Å². The van der Waals surface area contributed by atoms with Gasteiger partial charge in [-0.1, -0.05) is 0 Å². The molecule has 0 atom stereocenters. The van der Waals surface area contributed by atoms with Crippen molar-refractivity contribution in [1.82, 2.24) is 0 Å². The molecule has 2 aliphatic heterocycles. The molecular weight excluding hydrogens is 423 g/mol. The van der Waals surface area contributed by atoms with Crippen LogP contribution in [0, 0.1) is 37.7 Å². The topological polar surface area (TPSA) is 108 Å². The first-order valence-corrected chi connectivity index (χ1v) is 9.27. The summed E-state index contributed by atoms with van der Waals surface area (Å²) in [7, 11) is 0. The van der Waals surface area contributed by atoms with Crippen molar-refractivity contribution >= 4 is 17.1 Å². The second-order valence-electron chi connectivity index (χ2n) is 6.84. The molecule has 1 spiro atoms. The summed E-state index contributed by atoms with van der Waals surface area (Å²) < 4.78 is 49.6. The van der Waals surface area contributed by atoms with Crippen LogP contribution in [0.15, 0.2) is 36.4 Å². The van der Waals surface area contributed by atoms with Gasteiger partial charge in [0.2, 0.25) is 0 Å². The van der Waals surface area contributed by atoms with Gasteiger partial charge in [-0.15, -0.1) is 0 Å². The number of rotatable bonds is 3. The zero-order chi connectivity index (χ0) is 22.6. The smallest absolute Gasteiger partial charge is 0.272 e. The fourth-order valence-corrected chi connectivity index (χ4v) is 3.34. The Hall–Kier alpha value is -3.25. The summed E-state index contributed by atoms with van der Waals surface area (Å²) in [5, 5.41) is 20.6. The average molecular weight is 441 g/mol. The van der Waals surface area contributed by atoms with E-state index in [1.54, 1.807) is 0 Å². The number of nitrogens with zero attached hydrogens (tertiary/aromatic N) is 3. The monoisotopic (exact) mass is 441 g/mol. The first kappa shape index (κ1) is 22.4. The highest BCUT2D eigenvalue weighted by atomic mass is 19.2. The summed E-state index contributed by atoms with van der Waals surface area (Å²) in [6.07, 6.45) is 1.34. The molecule has 2 aromatic carbocycles. The van der Waals surface area contributed by atoms with Crippen molar-refractivity contribution in [2.75, 3.05) is 31.2 Å². The Morgan fingerprint density at radius 1 is 0.806 bits per heavy atom. The number of nitro benzene ring substituents is 2. The van der Waals surface area contributed by atoms with E-state index in [2.05, 4.69) is 0 Å². The average Bonchev–Trinajstić information content (AvgIpc) is 3.19. The summed E-state index contributed by atoms with van der Waals surface area (Å²) in [5.41, 5.74) is -0.297. The van der Waals surface area contributed by atoms with Crippen LogP contribution in [0.3, 0.4) is 0 Å². The van der Waals surface area contributed by atoms with Crippen LogP contribution < -0.4 is 4.90 Å². The van der Waals surface area contributed by atoms with Crippen molar-refractivity contribution in [3.8, 4) is 0 Å². The zero-order valence-electron chi connectivity index (χ0n) is 16.1. The molecule has 0 unspecified atom stereocenters. The number of hydrogen-bond acceptors (Lipinski definition) is 7. The predicted octanol–water partition coefficient (Wildman–Crippen LogP) is 3.95. The van der Waals surface area contributed by atoms with Gasteiger partial charge in [0.15, 0.2) is 23.2 Å². The minimum Gasteiger partial charge on any atom is -0.369 e. The minimum absolute atomic E-state index is 0.234. The standard InChI is InChI=1S/C13H15FN2O4.C6H3F2NO2/c14-11-9-10(16(17)18)1-2-12(11)15-5-3-13(4-6-15)19-7-8-20-13;7-5-2-1-4(9(10)11)3-6(5)8/h1-2,9H,3-8H2;1-3H. The van der Waals surface area contributed by atoms with E-state index < -0.39 is 38.8 Å². The van der Waals surface area contributed by atoms with Crippen molar-refractivity contribution < 1.29 is 32.5 Å². The Morgan fingerprint density at radius 2 is 1.32 bits per heavy atom. The van der Waals surface area contributed by atoms with E-state index in [0.717, 1.165) is 12.1 Å². The van der Waals surface area contributed by atoms with Crippen LogP contribution >= 0.6 is 0 Å². The quantitative estimate of drug-likeness (QED) is 0.524. The van der Waals surface area contributed by atoms with E-state index in [1.807, 2.05) is 4.90 Å². The third kappa shape index (κ3) is 5.27. The molecule has 2 fully saturated rings. The third-order valence-corrected chi connectivity index (χ3v) is 4.94. The van der Waals surface area contributed by atoms with Crippen molar-refractivity contribution in [2.45, 2.75) is 18.6 Å². The van der Waals surface area contributed by atoms with E-state index in [0.29, 0.717) is 57.0 Å². The zero-order valence-corrected chi connectivity index (χ0v) is 16.1. The molecule has 2 aliphatic rings. The molecule has 0 saturated carbocycles. The van der Waals surface area contributed by atoms with Gasteiger partial charge in [0.1, 0.15) is 0 Å². The Morgan fingerprint density at radius 3 is 1.81 bits per heavy atom. The summed E-state index contributed by atoms with van der Waals surface area (Å²) in [5.74, 6) is -3.37. The van der Waals surface area contributed by atoms with E-state index in [1.165, 1.54) is 12.1 Å². The lowest BCUT2D eigenvalue weighted by molar-refractivity contribution is -0.385. The molecule has 0 N–H and O–H groups in total. The molecule has 0 radical (unpaired) electrons. The van der Waals surface area contributed by atoms with Crippen LogP contribution in [0.2, 0.25) is 0 Å². The number of hydrogen-bond donors (Lipinski definition) is 0. The fraction of sp³-hybridized carbons (Fsp3) is 0.368. The van der Waals surface area contributed by atoms with Crippen LogP contribution in [-0.2, 0) is 9.47 Å². The molecule has 31 heavy (non-hydrogen) atoms. The first-order chi connectivity index (χ1) is 14.7. The van der Waals surface area contributed by atoms with Crippen molar-refractivity contribution in [1.29, 1.82) is 0 Å². The van der Waals surface area contributed by atoms with Gasteiger partial charge in [0.05, 0.1) is 40.9 Å². The SMILES string of the molecule is O=[N+]([O-])c1ccc(F)c(F)c1.O=[N+]([O-])c1ccc(N2CCC3(CC2)OCCO3)c(F)c1. The summed E-state index contributed by atoms with van der Waals surface area (Å²) in [6.45, 7) is 2.42. The largest absolute Gasteiger partial charge is 0.369 e. The highest BCUT2D eigenvalue weighted by Crippen LogP contribution is 2.34. The normalized spacial score (nSPS) is 17.2. The van der Waals surface area contributed by atoms with Crippen LogP contribution in [0.4, 0.5) is 30.2 Å². The van der Waals surface area contributed by atoms with Crippen LogP contribution in [0.25, 0.3) is 0 Å². The van der Waals surface area contributed by atoms with Gasteiger partial charge in [-0.2, -0.15) is 0 Å². The third-order valence-electron chi connectivity index (χ3n) is 4.94. The minimum atomic E-state index is -1.21. The molecule has 4 rings (SSSR count). The molecule has 0 aliphatic carbocycles. The lowest BCUT2D eigenvalue weighted by Crippen LogP contribution is -2.45. The Kier molecular flexibility index (Phi) is 6.71. The lowest BCUT2D eigenvalue weighted by atomic mass is 10.0. The lowest BCUT2D eigenvalue weighted by Gasteiger charge is -2.38. The van der Waals surface area contributed by atoms with Gasteiger partial charge in [0.25, 0.3) is 11.4 Å². The molecule has 2 aromatic rings. The van der Waals surface area contributed by atoms with E-state index in [4.69, 9.17) is 9.47 Å². The number of benzene rings is 2. The number of non-ortho nitro benzene ring substituents is 2. The number of ether oxygens (including phenoxy) is 2. The van der Waals surface area contributed by atoms with Crippen LogP contribution in [-0.4, -0.2) is 41.9 Å². The molecule has 12 heteroatoms. The Balaban J connectivity index is 0.000000210. The van der Waals surface area contributed by atoms with Crippen LogP contribution in [0.5, 0.6) is 0 Å². The molecule has 0 aromatic heterocycles. The summed E-state index contributed by atoms with van der Waals surface area (Å²) in [6, 6.07) is 5.90. The number of anilines is 1.